The molecule has 0 amide bonds. The fourth-order valence-electron chi connectivity index (χ4n) is 2.71. The third-order valence-electron chi connectivity index (χ3n) is 4.10. The zero-order valence-electron chi connectivity index (χ0n) is 14.8. The maximum absolute atomic E-state index is 12.8. The lowest BCUT2D eigenvalue weighted by Crippen LogP contribution is -2.13. The lowest BCUT2D eigenvalue weighted by molar-refractivity contribution is 0.0339. The monoisotopic (exact) mass is 363 g/mol. The largest absolute Gasteiger partial charge is 0.461 e. The first-order chi connectivity index (χ1) is 13.2. The second-order valence-electron chi connectivity index (χ2n) is 5.85. The van der Waals surface area contributed by atoms with Gasteiger partial charge in [-0.2, -0.15) is 4.52 Å². The van der Waals surface area contributed by atoms with E-state index in [1.165, 1.54) is 17.0 Å². The molecule has 136 valence electrons. The smallest absolute Gasteiger partial charge is 0.344 e. The van der Waals surface area contributed by atoms with E-state index >= 15 is 0 Å². The van der Waals surface area contributed by atoms with Crippen molar-refractivity contribution in [3.05, 3.63) is 66.1 Å². The maximum Gasteiger partial charge on any atom is 0.344 e. The molecule has 4 aromatic rings. The van der Waals surface area contributed by atoms with Gasteiger partial charge < -0.3 is 14.5 Å². The molecule has 0 aliphatic carbocycles. The lowest BCUT2D eigenvalue weighted by Gasteiger charge is -2.14. The van der Waals surface area contributed by atoms with Gasteiger partial charge in [0.25, 0.3) is 0 Å². The van der Waals surface area contributed by atoms with Gasteiger partial charge in [0.1, 0.15) is 11.7 Å². The van der Waals surface area contributed by atoms with Crippen molar-refractivity contribution in [2.24, 2.45) is 0 Å². The van der Waals surface area contributed by atoms with Crippen molar-refractivity contribution in [1.82, 2.24) is 19.6 Å². The molecule has 0 radical (unpaired) electrons. The molecule has 0 saturated heterocycles. The Morgan fingerprint density at radius 1 is 1.22 bits per heavy atom. The van der Waals surface area contributed by atoms with Gasteiger partial charge in [-0.3, -0.25) is 0 Å². The summed E-state index contributed by atoms with van der Waals surface area (Å²) < 4.78 is 12.4. The number of fused-ring (bicyclic) bond motifs is 1. The van der Waals surface area contributed by atoms with E-state index in [0.29, 0.717) is 23.2 Å². The van der Waals surface area contributed by atoms with E-state index in [9.17, 15) is 4.79 Å². The SMILES string of the molecule is CNc1ncc(C(=O)OC(C)c2ccccc2)c2nc(-c3ccco3)nn12. The van der Waals surface area contributed by atoms with Crippen LogP contribution in [-0.4, -0.2) is 32.6 Å². The molecule has 0 fully saturated rings. The van der Waals surface area contributed by atoms with E-state index in [2.05, 4.69) is 20.4 Å². The molecule has 1 N–H and O–H groups in total. The number of furan rings is 1. The van der Waals surface area contributed by atoms with Crippen LogP contribution in [-0.2, 0) is 4.74 Å². The molecule has 8 nitrogen and oxygen atoms in total. The van der Waals surface area contributed by atoms with Crippen molar-refractivity contribution in [2.75, 3.05) is 12.4 Å². The van der Waals surface area contributed by atoms with Crippen LogP contribution in [0.1, 0.15) is 28.9 Å². The molecule has 1 aromatic carbocycles. The molecule has 0 aliphatic heterocycles. The van der Waals surface area contributed by atoms with Crippen LogP contribution in [0.5, 0.6) is 0 Å². The number of carbonyl (C=O) groups is 1. The van der Waals surface area contributed by atoms with E-state index in [-0.39, 0.29) is 5.56 Å². The first-order valence-electron chi connectivity index (χ1n) is 8.40. The molecule has 0 aliphatic rings. The molecule has 1 atom stereocenters. The molecule has 1 unspecified atom stereocenters. The number of anilines is 1. The molecule has 3 heterocycles. The number of nitrogens with one attached hydrogen (secondary N) is 1. The highest BCUT2D eigenvalue weighted by Crippen LogP contribution is 2.23. The Bertz CT molecular complexity index is 1070. The zero-order chi connectivity index (χ0) is 18.8. The number of esters is 1. The van der Waals surface area contributed by atoms with Crippen molar-refractivity contribution < 1.29 is 13.9 Å². The van der Waals surface area contributed by atoms with E-state index in [1.54, 1.807) is 19.2 Å². The van der Waals surface area contributed by atoms with Crippen molar-refractivity contribution in [3.63, 3.8) is 0 Å². The Kier molecular flexibility index (Phi) is 4.29. The molecule has 0 bridgehead atoms. The normalized spacial score (nSPS) is 12.1. The topological polar surface area (TPSA) is 94.5 Å². The van der Waals surface area contributed by atoms with Crippen LogP contribution < -0.4 is 5.32 Å². The zero-order valence-corrected chi connectivity index (χ0v) is 14.8. The standard InChI is InChI=1S/C19H17N5O3/c1-12(13-7-4-3-5-8-13)27-18(25)14-11-21-19(20-2)24-17(14)22-16(23-24)15-9-6-10-26-15/h3-12H,1-2H3,(H,20,21). The van der Waals surface area contributed by atoms with Crippen LogP contribution >= 0.6 is 0 Å². The van der Waals surface area contributed by atoms with Gasteiger partial charge in [-0.05, 0) is 24.6 Å². The van der Waals surface area contributed by atoms with Crippen molar-refractivity contribution in [2.45, 2.75) is 13.0 Å². The fraction of sp³-hybridized carbons (Fsp3) is 0.158. The number of rotatable bonds is 5. The lowest BCUT2D eigenvalue weighted by atomic mass is 10.1. The minimum atomic E-state index is -0.523. The number of carbonyl (C=O) groups excluding carboxylic acids is 1. The van der Waals surface area contributed by atoms with Crippen LogP contribution in [0.15, 0.2) is 59.3 Å². The quantitative estimate of drug-likeness (QED) is 0.543. The van der Waals surface area contributed by atoms with E-state index in [4.69, 9.17) is 9.15 Å². The predicted molar refractivity (Wildman–Crippen MR) is 98.3 cm³/mol. The van der Waals surface area contributed by atoms with Gasteiger partial charge >= 0.3 is 5.97 Å². The number of aromatic nitrogens is 4. The fourth-order valence-corrected chi connectivity index (χ4v) is 2.71. The van der Waals surface area contributed by atoms with E-state index in [0.717, 1.165) is 5.56 Å². The average Bonchev–Trinajstić information content (AvgIpc) is 3.37. The summed E-state index contributed by atoms with van der Waals surface area (Å²) in [4.78, 5) is 21.4. The molecule has 3 aromatic heterocycles. The van der Waals surface area contributed by atoms with Gasteiger partial charge in [-0.15, -0.1) is 5.10 Å². The summed E-state index contributed by atoms with van der Waals surface area (Å²) in [5.74, 6) is 0.778. The first kappa shape index (κ1) is 16.8. The predicted octanol–water partition coefficient (Wildman–Crippen LogP) is 3.34. The molecule has 4 rings (SSSR count). The van der Waals surface area contributed by atoms with Gasteiger partial charge in [0.15, 0.2) is 11.4 Å². The summed E-state index contributed by atoms with van der Waals surface area (Å²) in [5.41, 5.74) is 1.47. The first-order valence-corrected chi connectivity index (χ1v) is 8.40. The molecule has 0 spiro atoms. The van der Waals surface area contributed by atoms with Gasteiger partial charge in [0.2, 0.25) is 11.8 Å². The average molecular weight is 363 g/mol. The number of hydrogen-bond donors (Lipinski definition) is 1. The van der Waals surface area contributed by atoms with Crippen molar-refractivity contribution >= 4 is 17.6 Å². The Balaban J connectivity index is 1.71. The van der Waals surface area contributed by atoms with Crippen molar-refractivity contribution in [1.29, 1.82) is 0 Å². The van der Waals surface area contributed by atoms with Crippen LogP contribution in [0.4, 0.5) is 5.95 Å². The molecular formula is C19H17N5O3. The minimum absolute atomic E-state index is 0.224. The van der Waals surface area contributed by atoms with E-state index < -0.39 is 12.1 Å². The van der Waals surface area contributed by atoms with E-state index in [1.807, 2.05) is 37.3 Å². The summed E-state index contributed by atoms with van der Waals surface area (Å²) in [5, 5.41) is 7.31. The number of hydrogen-bond acceptors (Lipinski definition) is 7. The van der Waals surface area contributed by atoms with Crippen molar-refractivity contribution in [3.8, 4) is 11.6 Å². The maximum atomic E-state index is 12.8. The summed E-state index contributed by atoms with van der Waals surface area (Å²) in [7, 11) is 1.71. The third kappa shape index (κ3) is 3.12. The van der Waals surface area contributed by atoms with Gasteiger partial charge in [-0.1, -0.05) is 30.3 Å². The Morgan fingerprint density at radius 2 is 2.04 bits per heavy atom. The number of benzene rings is 1. The molecule has 27 heavy (non-hydrogen) atoms. The number of ether oxygens (including phenoxy) is 1. The van der Waals surface area contributed by atoms with Crippen LogP contribution in [0, 0.1) is 0 Å². The highest BCUT2D eigenvalue weighted by molar-refractivity contribution is 5.96. The highest BCUT2D eigenvalue weighted by atomic mass is 16.5. The van der Waals surface area contributed by atoms with Crippen LogP contribution in [0.25, 0.3) is 17.2 Å². The third-order valence-corrected chi connectivity index (χ3v) is 4.10. The summed E-state index contributed by atoms with van der Waals surface area (Å²) in [6, 6.07) is 13.0. The molecular weight excluding hydrogens is 346 g/mol. The molecule has 8 heteroatoms. The van der Waals surface area contributed by atoms with Gasteiger partial charge in [-0.25, -0.2) is 14.8 Å². The second-order valence-corrected chi connectivity index (χ2v) is 5.85. The summed E-state index contributed by atoms with van der Waals surface area (Å²) in [6.45, 7) is 1.82. The van der Waals surface area contributed by atoms with Crippen LogP contribution in [0.2, 0.25) is 0 Å². The number of nitrogens with zero attached hydrogens (tertiary/aromatic N) is 4. The Morgan fingerprint density at radius 3 is 2.74 bits per heavy atom. The van der Waals surface area contributed by atoms with Crippen LogP contribution in [0.3, 0.4) is 0 Å². The summed E-state index contributed by atoms with van der Waals surface area (Å²) >= 11 is 0. The Hall–Kier alpha value is -3.68. The Labute approximate surface area is 154 Å². The summed E-state index contributed by atoms with van der Waals surface area (Å²) in [6.07, 6.45) is 2.56. The minimum Gasteiger partial charge on any atom is -0.461 e. The molecule has 0 saturated carbocycles. The van der Waals surface area contributed by atoms with Gasteiger partial charge in [0, 0.05) is 13.2 Å². The second kappa shape index (κ2) is 6.91. The van der Waals surface area contributed by atoms with Gasteiger partial charge in [0.05, 0.1) is 6.26 Å². The highest BCUT2D eigenvalue weighted by Gasteiger charge is 2.22.